The van der Waals surface area contributed by atoms with Gasteiger partial charge in [0.25, 0.3) is 11.8 Å². The first kappa shape index (κ1) is 26.7. The smallest absolute Gasteiger partial charge is 0.433 e. The molecule has 38 heavy (non-hydrogen) atoms. The van der Waals surface area contributed by atoms with Crippen LogP contribution in [0.3, 0.4) is 0 Å². The van der Waals surface area contributed by atoms with Gasteiger partial charge in [0, 0.05) is 25.4 Å². The fourth-order valence-corrected chi connectivity index (χ4v) is 3.88. The Hall–Kier alpha value is -4.36. The molecule has 1 aliphatic rings. The number of aromatic nitrogens is 4. The Morgan fingerprint density at radius 3 is 2.55 bits per heavy atom. The van der Waals surface area contributed by atoms with Gasteiger partial charge < -0.3 is 15.7 Å². The number of carboxylic acids is 1. The van der Waals surface area contributed by atoms with Crippen molar-refractivity contribution in [3.63, 3.8) is 0 Å². The van der Waals surface area contributed by atoms with Gasteiger partial charge in [-0.05, 0) is 43.9 Å². The molecule has 1 atom stereocenters. The lowest BCUT2D eigenvalue weighted by Gasteiger charge is -2.28. The number of hydrogen-bond acceptors (Lipinski definition) is 6. The van der Waals surface area contributed by atoms with E-state index >= 15 is 0 Å². The molecule has 2 amide bonds. The van der Waals surface area contributed by atoms with Crippen LogP contribution in [0, 0.1) is 11.2 Å². The van der Waals surface area contributed by atoms with E-state index in [9.17, 15) is 37.1 Å². The van der Waals surface area contributed by atoms with Gasteiger partial charge >= 0.3 is 12.1 Å². The number of nitrogens with zero attached hydrogens (tertiary/aromatic N) is 4. The number of allylic oxidation sites excluding steroid dienone is 1. The molecule has 3 aromatic heterocycles. The topological polar surface area (TPSA) is 139 Å². The average Bonchev–Trinajstić information content (AvgIpc) is 3.26. The Morgan fingerprint density at radius 2 is 1.89 bits per heavy atom. The second-order valence-corrected chi connectivity index (χ2v) is 9.10. The Balaban J connectivity index is 1.50. The minimum absolute atomic E-state index is 0.104. The van der Waals surface area contributed by atoms with Gasteiger partial charge in [0.2, 0.25) is 0 Å². The van der Waals surface area contributed by atoms with Crippen LogP contribution in [0.2, 0.25) is 0 Å². The van der Waals surface area contributed by atoms with E-state index in [1.54, 1.807) is 13.0 Å². The number of carboxylic acid groups (broad SMARTS) is 1. The van der Waals surface area contributed by atoms with E-state index < -0.39 is 40.9 Å². The first-order valence-corrected chi connectivity index (χ1v) is 11.4. The molecular weight excluding hydrogens is 512 g/mol. The zero-order valence-corrected chi connectivity index (χ0v) is 20.0. The van der Waals surface area contributed by atoms with Gasteiger partial charge in [0.15, 0.2) is 11.5 Å². The van der Waals surface area contributed by atoms with Crippen LogP contribution >= 0.6 is 0 Å². The first-order chi connectivity index (χ1) is 17.9. The third-order valence-corrected chi connectivity index (χ3v) is 6.29. The minimum Gasteiger partial charge on any atom is -0.481 e. The molecule has 0 saturated carbocycles. The summed E-state index contributed by atoms with van der Waals surface area (Å²) in [6.45, 7) is 1.45. The van der Waals surface area contributed by atoms with Crippen molar-refractivity contribution in [2.24, 2.45) is 5.41 Å². The fourth-order valence-electron chi connectivity index (χ4n) is 3.88. The fraction of sp³-hybridized carbons (Fsp3) is 0.333. The normalized spacial score (nSPS) is 17.7. The van der Waals surface area contributed by atoms with Crippen LogP contribution in [0.5, 0.6) is 0 Å². The summed E-state index contributed by atoms with van der Waals surface area (Å²) in [5.74, 6) is -3.32. The number of amides is 2. The first-order valence-electron chi connectivity index (χ1n) is 11.4. The van der Waals surface area contributed by atoms with Crippen molar-refractivity contribution >= 4 is 23.4 Å². The zero-order chi connectivity index (χ0) is 27.7. The minimum atomic E-state index is -4.65. The Kier molecular flexibility index (Phi) is 7.16. The van der Waals surface area contributed by atoms with Crippen molar-refractivity contribution in [2.45, 2.75) is 38.9 Å². The van der Waals surface area contributed by atoms with Crippen molar-refractivity contribution in [2.75, 3.05) is 6.54 Å². The van der Waals surface area contributed by atoms with Gasteiger partial charge in [-0.25, -0.2) is 13.9 Å². The quantitative estimate of drug-likeness (QED) is 0.313. The Labute approximate surface area is 212 Å². The molecule has 3 aromatic rings. The predicted octanol–water partition coefficient (Wildman–Crippen LogP) is 3.14. The number of aliphatic carboxylic acids is 1. The van der Waals surface area contributed by atoms with E-state index in [1.807, 2.05) is 0 Å². The molecule has 3 N–H and O–H groups in total. The highest BCUT2D eigenvalue weighted by molar-refractivity contribution is 5.98. The van der Waals surface area contributed by atoms with Crippen molar-refractivity contribution in [1.29, 1.82) is 0 Å². The summed E-state index contributed by atoms with van der Waals surface area (Å²) in [5.41, 5.74) is -1.98. The molecule has 4 rings (SSSR count). The number of carbonyl (C=O) groups is 3. The van der Waals surface area contributed by atoms with E-state index in [0.29, 0.717) is 19.3 Å². The van der Waals surface area contributed by atoms with Crippen molar-refractivity contribution in [1.82, 2.24) is 30.2 Å². The van der Waals surface area contributed by atoms with E-state index in [-0.39, 0.29) is 35.7 Å². The molecule has 1 aliphatic carbocycles. The monoisotopic (exact) mass is 534 g/mol. The van der Waals surface area contributed by atoms with Crippen LogP contribution in [0.4, 0.5) is 17.6 Å². The van der Waals surface area contributed by atoms with E-state index in [0.717, 1.165) is 34.6 Å². The molecule has 0 aliphatic heterocycles. The van der Waals surface area contributed by atoms with Crippen LogP contribution in [-0.4, -0.2) is 49.0 Å². The van der Waals surface area contributed by atoms with Crippen LogP contribution in [0.25, 0.3) is 5.65 Å². The number of pyridine rings is 1. The maximum absolute atomic E-state index is 14.3. The molecule has 1 unspecified atom stereocenters. The summed E-state index contributed by atoms with van der Waals surface area (Å²) in [7, 11) is 0. The zero-order valence-electron chi connectivity index (χ0n) is 20.0. The number of rotatable bonds is 7. The van der Waals surface area contributed by atoms with Crippen LogP contribution in [0.15, 0.2) is 42.2 Å². The maximum Gasteiger partial charge on any atom is 0.433 e. The van der Waals surface area contributed by atoms with Crippen LogP contribution in [-0.2, 0) is 17.5 Å². The lowest BCUT2D eigenvalue weighted by molar-refractivity contribution is -0.148. The maximum atomic E-state index is 14.3. The number of halogens is 4. The van der Waals surface area contributed by atoms with Gasteiger partial charge in [0.05, 0.1) is 11.6 Å². The van der Waals surface area contributed by atoms with Crippen molar-refractivity contribution in [3.8, 4) is 0 Å². The molecule has 200 valence electrons. The summed E-state index contributed by atoms with van der Waals surface area (Å²) in [4.78, 5) is 44.2. The van der Waals surface area contributed by atoms with E-state index in [1.165, 1.54) is 6.07 Å². The Bertz CT molecular complexity index is 1450. The summed E-state index contributed by atoms with van der Waals surface area (Å²) < 4.78 is 53.9. The van der Waals surface area contributed by atoms with E-state index in [2.05, 4.69) is 25.7 Å². The van der Waals surface area contributed by atoms with Crippen LogP contribution in [0.1, 0.15) is 58.4 Å². The number of fused-ring (bicyclic) bond motifs is 1. The summed E-state index contributed by atoms with van der Waals surface area (Å²) >= 11 is 0. The second-order valence-electron chi connectivity index (χ2n) is 9.10. The van der Waals surface area contributed by atoms with Crippen molar-refractivity contribution in [3.05, 3.63) is 70.7 Å². The largest absolute Gasteiger partial charge is 0.481 e. The molecule has 3 heterocycles. The predicted molar refractivity (Wildman–Crippen MR) is 123 cm³/mol. The molecule has 0 bridgehead atoms. The molecule has 10 nitrogen and oxygen atoms in total. The van der Waals surface area contributed by atoms with E-state index in [4.69, 9.17) is 0 Å². The highest BCUT2D eigenvalue weighted by Crippen LogP contribution is 2.35. The third kappa shape index (κ3) is 5.63. The van der Waals surface area contributed by atoms with Gasteiger partial charge in [-0.15, -0.1) is 0 Å². The molecule has 14 heteroatoms. The molecule has 0 fully saturated rings. The highest BCUT2D eigenvalue weighted by Gasteiger charge is 2.34. The summed E-state index contributed by atoms with van der Waals surface area (Å²) in [6.07, 6.45) is 0.0665. The lowest BCUT2D eigenvalue weighted by atomic mass is 9.76. The Morgan fingerprint density at radius 1 is 1.16 bits per heavy atom. The number of nitrogens with one attached hydrogen (secondary N) is 2. The number of hydrogen-bond donors (Lipinski definition) is 3. The highest BCUT2D eigenvalue weighted by atomic mass is 19.4. The molecule has 0 radical (unpaired) electrons. The van der Waals surface area contributed by atoms with Gasteiger partial charge in [-0.2, -0.15) is 18.3 Å². The second kappa shape index (κ2) is 10.2. The SMILES string of the molecule is CC1(C(=O)O)CC=C(CNC(=O)c2cc(C(=O)NCc3ccnc(C(F)(F)F)c3)nc3c(F)cnn23)CC1. The number of carbonyl (C=O) groups excluding carboxylic acids is 2. The lowest BCUT2D eigenvalue weighted by Crippen LogP contribution is -2.33. The van der Waals surface area contributed by atoms with Crippen molar-refractivity contribution < 1.29 is 37.1 Å². The molecule has 0 saturated heterocycles. The van der Waals surface area contributed by atoms with Crippen LogP contribution < -0.4 is 10.6 Å². The average molecular weight is 534 g/mol. The summed E-state index contributed by atoms with van der Waals surface area (Å²) in [5, 5.41) is 18.2. The van der Waals surface area contributed by atoms with Gasteiger partial charge in [0.1, 0.15) is 17.1 Å². The molecule has 0 aromatic carbocycles. The number of alkyl halides is 3. The third-order valence-electron chi connectivity index (χ3n) is 6.29. The molecular formula is C24H22F4N6O4. The molecule has 0 spiro atoms. The van der Waals surface area contributed by atoms with Gasteiger partial charge in [-0.1, -0.05) is 11.6 Å². The standard InChI is InChI=1S/C24H22F4N6O4/c1-23(22(37)38)5-2-13(3-6-23)10-31-21(36)17-9-16(33-19-15(25)12-32-34(17)19)20(35)30-11-14-4-7-29-18(8-14)24(26,27)28/h2,4,7-9,12H,3,5-6,10-11H2,1H3,(H,30,35)(H,31,36)(H,37,38). The van der Waals surface area contributed by atoms with Gasteiger partial charge in [-0.3, -0.25) is 19.4 Å². The summed E-state index contributed by atoms with van der Waals surface area (Å²) in [6, 6.07) is 3.17.